The molecule has 0 bridgehead atoms. The maximum atomic E-state index is 2.13. The van der Waals surface area contributed by atoms with E-state index in [0.717, 1.165) is 0 Å². The summed E-state index contributed by atoms with van der Waals surface area (Å²) in [5.41, 5.74) is 1.26. The Morgan fingerprint density at radius 2 is 1.60 bits per heavy atom. The van der Waals surface area contributed by atoms with Crippen molar-refractivity contribution in [1.82, 2.24) is 0 Å². The summed E-state index contributed by atoms with van der Waals surface area (Å²) in [7, 11) is 4.10. The second-order valence-electron chi connectivity index (χ2n) is 2.56. The first-order chi connectivity index (χ1) is 4.70. The van der Waals surface area contributed by atoms with Gasteiger partial charge in [-0.2, -0.15) is 0 Å². The Balaban J connectivity index is 2.89. The first-order valence-corrected chi connectivity index (χ1v) is 4.00. The molecule has 0 spiro atoms. The predicted molar refractivity (Wildman–Crippen MR) is 46.2 cm³/mol. The van der Waals surface area contributed by atoms with E-state index >= 15 is 0 Å². The van der Waals surface area contributed by atoms with Crippen molar-refractivity contribution >= 4 is 31.1 Å². The van der Waals surface area contributed by atoms with Gasteiger partial charge in [0.25, 0.3) is 0 Å². The van der Waals surface area contributed by atoms with Crippen LogP contribution in [0.4, 0.5) is 5.69 Å². The molecule has 0 atom stereocenters. The van der Waals surface area contributed by atoms with Crippen molar-refractivity contribution in [2.75, 3.05) is 19.0 Å². The predicted octanol–water partition coefficient (Wildman–Crippen LogP) is 0.546. The molecule has 0 N–H and O–H groups in total. The molecule has 0 aliphatic heterocycles. The first kappa shape index (κ1) is 7.89. The summed E-state index contributed by atoms with van der Waals surface area (Å²) in [6, 6.07) is 8.52. The van der Waals surface area contributed by atoms with Crippen LogP contribution in [0.1, 0.15) is 0 Å². The quantitative estimate of drug-likeness (QED) is 0.520. The van der Waals surface area contributed by atoms with Gasteiger partial charge in [-0.25, -0.2) is 0 Å². The van der Waals surface area contributed by atoms with E-state index in [4.69, 9.17) is 0 Å². The Labute approximate surface area is 74.5 Å². The van der Waals surface area contributed by atoms with Gasteiger partial charge in [0.1, 0.15) is 0 Å². The second kappa shape index (κ2) is 3.26. The molecule has 0 aromatic heterocycles. The number of rotatable bonds is 1. The summed E-state index contributed by atoms with van der Waals surface area (Å²) in [5.74, 6) is 0. The third-order valence-corrected chi connectivity index (χ3v) is 1.92. The molecular weight excluding hydrogens is 134 g/mol. The Morgan fingerprint density at radius 1 is 1.10 bits per heavy atom. The zero-order valence-electron chi connectivity index (χ0n) is 6.46. The van der Waals surface area contributed by atoms with Crippen LogP contribution in [0, 0.1) is 0 Å². The fourth-order valence-electron chi connectivity index (χ4n) is 0.794. The molecular formula is C8H10MgN+. The summed E-state index contributed by atoms with van der Waals surface area (Å²) in [5, 5.41) is 0. The zero-order chi connectivity index (χ0) is 7.56. The molecule has 0 aliphatic carbocycles. The van der Waals surface area contributed by atoms with E-state index in [1.165, 1.54) is 9.38 Å². The zero-order valence-corrected chi connectivity index (χ0v) is 7.88. The van der Waals surface area contributed by atoms with Gasteiger partial charge in [0.05, 0.1) is 0 Å². The number of hydrogen-bond acceptors (Lipinski definition) is 1. The summed E-state index contributed by atoms with van der Waals surface area (Å²) >= 11 is 1.91. The van der Waals surface area contributed by atoms with Crippen molar-refractivity contribution in [1.29, 1.82) is 0 Å². The minimum absolute atomic E-state index is 1.26. The normalized spacial score (nSPS) is 9.60. The SMILES string of the molecule is CN(C)c1cc[c]([Mg+])cc1. The number of anilines is 1. The van der Waals surface area contributed by atoms with Crippen LogP contribution in [-0.4, -0.2) is 35.8 Å². The standard InChI is InChI=1S/C8H10N.Mg/c1-9(2)8-6-4-3-5-7-8;/h4-7H,1-2H3;/q;+1. The van der Waals surface area contributed by atoms with Crippen molar-refractivity contribution < 1.29 is 0 Å². The molecule has 2 heteroatoms. The van der Waals surface area contributed by atoms with Gasteiger partial charge in [-0.1, -0.05) is 0 Å². The van der Waals surface area contributed by atoms with Crippen molar-refractivity contribution in [3.05, 3.63) is 24.3 Å². The number of hydrogen-bond donors (Lipinski definition) is 0. The average molecular weight is 144 g/mol. The second-order valence-corrected chi connectivity index (χ2v) is 3.38. The summed E-state index contributed by atoms with van der Waals surface area (Å²) < 4.78 is 1.34. The molecule has 0 aliphatic rings. The number of nitrogens with zero attached hydrogens (tertiary/aromatic N) is 1. The Morgan fingerprint density at radius 3 is 2.00 bits per heavy atom. The van der Waals surface area contributed by atoms with E-state index in [9.17, 15) is 0 Å². The first-order valence-electron chi connectivity index (χ1n) is 3.29. The van der Waals surface area contributed by atoms with Gasteiger partial charge >= 0.3 is 74.3 Å². The van der Waals surface area contributed by atoms with E-state index in [0.29, 0.717) is 0 Å². The van der Waals surface area contributed by atoms with Crippen molar-refractivity contribution in [3.8, 4) is 0 Å². The Kier molecular flexibility index (Phi) is 2.57. The van der Waals surface area contributed by atoms with Crippen LogP contribution >= 0.6 is 0 Å². The molecule has 1 aromatic carbocycles. The molecule has 1 nitrogen and oxygen atoms in total. The molecule has 10 heavy (non-hydrogen) atoms. The molecule has 0 fully saturated rings. The van der Waals surface area contributed by atoms with Crippen LogP contribution < -0.4 is 8.59 Å². The third-order valence-electron chi connectivity index (χ3n) is 1.45. The van der Waals surface area contributed by atoms with Gasteiger partial charge < -0.3 is 0 Å². The molecule has 0 amide bonds. The molecule has 0 unspecified atom stereocenters. The molecule has 0 saturated heterocycles. The van der Waals surface area contributed by atoms with E-state index < -0.39 is 0 Å². The van der Waals surface area contributed by atoms with Crippen LogP contribution in [0.15, 0.2) is 24.3 Å². The molecule has 48 valence electrons. The summed E-state index contributed by atoms with van der Waals surface area (Å²) in [4.78, 5) is 2.10. The summed E-state index contributed by atoms with van der Waals surface area (Å²) in [6.45, 7) is 0. The average Bonchev–Trinajstić information content (AvgIpc) is 1.88. The molecule has 1 aromatic rings. The Hall–Kier alpha value is -0.214. The fourth-order valence-corrected chi connectivity index (χ4v) is 1.03. The van der Waals surface area contributed by atoms with Crippen LogP contribution in [0.5, 0.6) is 0 Å². The van der Waals surface area contributed by atoms with Gasteiger partial charge in [0.15, 0.2) is 0 Å². The third kappa shape index (κ3) is 1.89. The minimum atomic E-state index is 1.26. The molecule has 0 heterocycles. The number of benzene rings is 1. The van der Waals surface area contributed by atoms with Crippen LogP contribution in [0.3, 0.4) is 0 Å². The van der Waals surface area contributed by atoms with Crippen LogP contribution in [0.2, 0.25) is 0 Å². The Bertz CT molecular complexity index is 203. The van der Waals surface area contributed by atoms with Gasteiger partial charge in [-0.15, -0.1) is 0 Å². The van der Waals surface area contributed by atoms with E-state index in [-0.39, 0.29) is 0 Å². The molecule has 0 radical (unpaired) electrons. The monoisotopic (exact) mass is 144 g/mol. The topological polar surface area (TPSA) is 3.24 Å². The fraction of sp³-hybridized carbons (Fsp3) is 0.250. The van der Waals surface area contributed by atoms with E-state index in [2.05, 4.69) is 29.2 Å². The van der Waals surface area contributed by atoms with Crippen molar-refractivity contribution in [3.63, 3.8) is 0 Å². The summed E-state index contributed by atoms with van der Waals surface area (Å²) in [6.07, 6.45) is 0. The van der Waals surface area contributed by atoms with Gasteiger partial charge in [-0.05, 0) is 0 Å². The van der Waals surface area contributed by atoms with Gasteiger partial charge in [0, 0.05) is 0 Å². The van der Waals surface area contributed by atoms with Crippen molar-refractivity contribution in [2.24, 2.45) is 0 Å². The van der Waals surface area contributed by atoms with E-state index in [1.54, 1.807) is 0 Å². The van der Waals surface area contributed by atoms with Crippen molar-refractivity contribution in [2.45, 2.75) is 0 Å². The van der Waals surface area contributed by atoms with Crippen LogP contribution in [-0.2, 0) is 0 Å². The van der Waals surface area contributed by atoms with E-state index in [1.807, 2.05) is 35.8 Å². The van der Waals surface area contributed by atoms with Gasteiger partial charge in [-0.3, -0.25) is 0 Å². The maximum absolute atomic E-state index is 2.13. The molecule has 1 rings (SSSR count). The molecule has 0 saturated carbocycles. The van der Waals surface area contributed by atoms with Gasteiger partial charge in [0.2, 0.25) is 0 Å². The van der Waals surface area contributed by atoms with Crippen LogP contribution in [0.25, 0.3) is 0 Å².